The zero-order valence-corrected chi connectivity index (χ0v) is 7.99. The van der Waals surface area contributed by atoms with Crippen LogP contribution in [0.4, 0.5) is 4.39 Å². The Morgan fingerprint density at radius 1 is 1.69 bits per heavy atom. The van der Waals surface area contributed by atoms with E-state index in [1.54, 1.807) is 6.92 Å². The van der Waals surface area contributed by atoms with E-state index in [-0.39, 0.29) is 13.0 Å². The average molecular weight is 214 g/mol. The molecule has 1 rings (SSSR count). The van der Waals surface area contributed by atoms with Crippen LogP contribution >= 0.6 is 7.82 Å². The van der Waals surface area contributed by atoms with Crippen LogP contribution in [0.15, 0.2) is 0 Å². The summed E-state index contributed by atoms with van der Waals surface area (Å²) in [6, 6.07) is 0. The molecule has 2 N–H and O–H groups in total. The first kappa shape index (κ1) is 11.1. The Kier molecular flexibility index (Phi) is 3.43. The summed E-state index contributed by atoms with van der Waals surface area (Å²) in [5.41, 5.74) is 0. The summed E-state index contributed by atoms with van der Waals surface area (Å²) in [6.45, 7) is 1.30. The maximum atomic E-state index is 12.8. The van der Waals surface area contributed by atoms with Crippen molar-refractivity contribution in [1.82, 2.24) is 0 Å². The highest BCUT2D eigenvalue weighted by atomic mass is 31.2. The van der Waals surface area contributed by atoms with Crippen molar-refractivity contribution >= 4 is 7.82 Å². The van der Waals surface area contributed by atoms with Crippen molar-refractivity contribution in [3.8, 4) is 0 Å². The van der Waals surface area contributed by atoms with E-state index in [0.717, 1.165) is 0 Å². The smallest absolute Gasteiger partial charge is 0.370 e. The van der Waals surface area contributed by atoms with E-state index in [0.29, 0.717) is 0 Å². The number of halogens is 1. The van der Waals surface area contributed by atoms with Crippen LogP contribution in [-0.2, 0) is 13.8 Å². The van der Waals surface area contributed by atoms with E-state index in [2.05, 4.69) is 4.52 Å². The van der Waals surface area contributed by atoms with Gasteiger partial charge in [-0.1, -0.05) is 0 Å². The van der Waals surface area contributed by atoms with Gasteiger partial charge in [0.15, 0.2) is 0 Å². The summed E-state index contributed by atoms with van der Waals surface area (Å²) in [4.78, 5) is 16.7. The standard InChI is InChI=1S/C6H12FO5P/c1-4-6(7)2-5(12-4)3-11-13(8,9)10/h4-6H,2-3H2,1H3,(H2,8,9,10)/t4-,5-,6-/m0/s1. The maximum absolute atomic E-state index is 12.8. The second-order valence-electron chi connectivity index (χ2n) is 3.00. The first-order chi connectivity index (χ1) is 5.88. The summed E-state index contributed by atoms with van der Waals surface area (Å²) in [6.07, 6.45) is -2.03. The van der Waals surface area contributed by atoms with Crippen LogP contribution in [0, 0.1) is 0 Å². The molecule has 0 spiro atoms. The molecule has 1 fully saturated rings. The first-order valence-corrected chi connectivity index (χ1v) is 5.41. The summed E-state index contributed by atoms with van der Waals surface area (Å²) in [5, 5.41) is 0. The number of alkyl halides is 1. The van der Waals surface area contributed by atoms with E-state index in [1.165, 1.54) is 0 Å². The third kappa shape index (κ3) is 3.70. The van der Waals surface area contributed by atoms with Gasteiger partial charge in [-0.25, -0.2) is 8.96 Å². The minimum absolute atomic E-state index is 0.126. The fourth-order valence-corrected chi connectivity index (χ4v) is 1.54. The molecular weight excluding hydrogens is 202 g/mol. The summed E-state index contributed by atoms with van der Waals surface area (Å²) in [7, 11) is -4.46. The SMILES string of the molecule is C[C@@H]1O[C@H](COP(=O)(O)O)C[C@@H]1F. The molecule has 0 aromatic heterocycles. The van der Waals surface area contributed by atoms with Crippen molar-refractivity contribution in [1.29, 1.82) is 0 Å². The number of hydrogen-bond donors (Lipinski definition) is 2. The van der Waals surface area contributed by atoms with Crippen molar-refractivity contribution in [2.24, 2.45) is 0 Å². The van der Waals surface area contributed by atoms with Crippen LogP contribution in [-0.4, -0.2) is 34.8 Å². The molecule has 0 saturated carbocycles. The van der Waals surface area contributed by atoms with Crippen molar-refractivity contribution in [2.75, 3.05) is 6.61 Å². The topological polar surface area (TPSA) is 76.0 Å². The Morgan fingerprint density at radius 2 is 2.31 bits per heavy atom. The van der Waals surface area contributed by atoms with Crippen molar-refractivity contribution < 1.29 is 28.0 Å². The van der Waals surface area contributed by atoms with Gasteiger partial charge in [-0.15, -0.1) is 0 Å². The number of phosphoric acid groups is 1. The van der Waals surface area contributed by atoms with Gasteiger partial charge in [0.25, 0.3) is 0 Å². The highest BCUT2D eigenvalue weighted by Crippen LogP contribution is 2.37. The second-order valence-corrected chi connectivity index (χ2v) is 4.24. The Labute approximate surface area is 75.1 Å². The molecule has 0 amide bonds. The van der Waals surface area contributed by atoms with Gasteiger partial charge in [0.2, 0.25) is 0 Å². The van der Waals surface area contributed by atoms with E-state index >= 15 is 0 Å². The summed E-state index contributed by atoms with van der Waals surface area (Å²) >= 11 is 0. The molecule has 1 saturated heterocycles. The number of phosphoric ester groups is 1. The lowest BCUT2D eigenvalue weighted by molar-refractivity contribution is 0.0103. The fraction of sp³-hybridized carbons (Fsp3) is 1.00. The minimum Gasteiger partial charge on any atom is -0.370 e. The molecular formula is C6H12FO5P. The lowest BCUT2D eigenvalue weighted by Crippen LogP contribution is -2.15. The molecule has 7 heteroatoms. The number of ether oxygens (including phenoxy) is 1. The average Bonchev–Trinajstić information content (AvgIpc) is 2.27. The molecule has 13 heavy (non-hydrogen) atoms. The van der Waals surface area contributed by atoms with Crippen LogP contribution in [0.25, 0.3) is 0 Å². The third-order valence-electron chi connectivity index (χ3n) is 1.83. The van der Waals surface area contributed by atoms with Gasteiger partial charge in [0.05, 0.1) is 18.8 Å². The van der Waals surface area contributed by atoms with Gasteiger partial charge in [-0.05, 0) is 6.92 Å². The molecule has 0 aromatic carbocycles. The lowest BCUT2D eigenvalue weighted by Gasteiger charge is -2.11. The van der Waals surface area contributed by atoms with Crippen molar-refractivity contribution in [3.63, 3.8) is 0 Å². The maximum Gasteiger partial charge on any atom is 0.469 e. The Balaban J connectivity index is 2.29. The molecule has 0 radical (unpaired) electrons. The van der Waals surface area contributed by atoms with E-state index in [4.69, 9.17) is 14.5 Å². The molecule has 0 aliphatic carbocycles. The molecule has 1 heterocycles. The predicted octanol–water partition coefficient (Wildman–Crippen LogP) is 0.611. The highest BCUT2D eigenvalue weighted by Gasteiger charge is 2.33. The van der Waals surface area contributed by atoms with Gasteiger partial charge in [-0.2, -0.15) is 0 Å². The van der Waals surface area contributed by atoms with Crippen LogP contribution in [0.1, 0.15) is 13.3 Å². The van der Waals surface area contributed by atoms with Crippen molar-refractivity contribution in [2.45, 2.75) is 31.7 Å². The summed E-state index contributed by atoms with van der Waals surface area (Å²) in [5.74, 6) is 0. The quantitative estimate of drug-likeness (QED) is 0.673. The monoisotopic (exact) mass is 214 g/mol. The summed E-state index contributed by atoms with van der Waals surface area (Å²) < 4.78 is 32.3. The first-order valence-electron chi connectivity index (χ1n) is 3.88. The van der Waals surface area contributed by atoms with Crippen LogP contribution in [0.5, 0.6) is 0 Å². The van der Waals surface area contributed by atoms with Gasteiger partial charge in [0, 0.05) is 6.42 Å². The molecule has 0 unspecified atom stereocenters. The molecule has 3 atom stereocenters. The Hall–Kier alpha value is -0.0000000000000000555. The number of rotatable bonds is 3. The molecule has 0 bridgehead atoms. The van der Waals surface area contributed by atoms with Gasteiger partial charge >= 0.3 is 7.82 Å². The van der Waals surface area contributed by atoms with Crippen molar-refractivity contribution in [3.05, 3.63) is 0 Å². The predicted molar refractivity (Wildman–Crippen MR) is 41.8 cm³/mol. The van der Waals surface area contributed by atoms with E-state index in [1.807, 2.05) is 0 Å². The van der Waals surface area contributed by atoms with E-state index in [9.17, 15) is 8.96 Å². The lowest BCUT2D eigenvalue weighted by atomic mass is 10.2. The molecule has 5 nitrogen and oxygen atoms in total. The fourth-order valence-electron chi connectivity index (χ4n) is 1.17. The molecule has 1 aliphatic heterocycles. The molecule has 1 aliphatic rings. The Bertz CT molecular complexity index is 207. The van der Waals surface area contributed by atoms with Crippen LogP contribution in [0.3, 0.4) is 0 Å². The van der Waals surface area contributed by atoms with E-state index < -0.39 is 26.2 Å². The minimum atomic E-state index is -4.46. The van der Waals surface area contributed by atoms with Crippen LogP contribution < -0.4 is 0 Å². The zero-order valence-electron chi connectivity index (χ0n) is 7.09. The largest absolute Gasteiger partial charge is 0.469 e. The molecule has 78 valence electrons. The second kappa shape index (κ2) is 4.02. The third-order valence-corrected chi connectivity index (χ3v) is 2.32. The van der Waals surface area contributed by atoms with Gasteiger partial charge in [-0.3, -0.25) is 4.52 Å². The zero-order chi connectivity index (χ0) is 10.1. The highest BCUT2D eigenvalue weighted by molar-refractivity contribution is 7.46. The van der Waals surface area contributed by atoms with Crippen LogP contribution in [0.2, 0.25) is 0 Å². The van der Waals surface area contributed by atoms with Gasteiger partial charge < -0.3 is 14.5 Å². The molecule has 0 aromatic rings. The Morgan fingerprint density at radius 3 is 2.69 bits per heavy atom. The normalized spacial score (nSPS) is 35.2. The number of hydrogen-bond acceptors (Lipinski definition) is 3. The van der Waals surface area contributed by atoms with Gasteiger partial charge in [0.1, 0.15) is 6.17 Å².